The molecule has 3 N–H and O–H groups in total. The maximum atomic E-state index is 5.43. The Bertz CT molecular complexity index is 2970. The van der Waals surface area contributed by atoms with Gasteiger partial charge in [-0.15, -0.1) is 0 Å². The molecule has 10 nitrogen and oxygen atoms in total. The second-order valence-electron chi connectivity index (χ2n) is 20.1. The van der Waals surface area contributed by atoms with Crippen LogP contribution in [0.1, 0.15) is 52.1 Å². The van der Waals surface area contributed by atoms with Gasteiger partial charge in [-0.05, 0) is 163 Å². The molecule has 0 bridgehead atoms. The standard InChI is InChI=1S/C21H25N3O2.C21H24N2.C20H23N3/c1-25-20-6-4-18(14-21(20)26-2)24-11-9-23(10-12-24)15-16-3-5-19-17(13-16)7-8-22-19;1-16-2-5-18(6-3-16)19-9-12-23(13-10-19)15-17-4-7-21-20(14-17)8-11-22-21;1-16-2-5-19(6-3-16)23-12-10-22(11-13-23)15-17-4-7-20-18(14-17)8-9-21-20/h3-8,13-14,22H,9-12,15H2,1-2H3;2-8,11,14,19,22H,9-10,12-13,15H2,1H3;2-9,14,21H,10-13,15H2,1H3. The highest BCUT2D eigenvalue weighted by molar-refractivity contribution is 5.81. The molecule has 0 spiro atoms. The molecular formula is C62H72N8O2. The van der Waals surface area contributed by atoms with Crippen molar-refractivity contribution in [1.82, 2.24) is 29.7 Å². The lowest BCUT2D eigenvalue weighted by molar-refractivity contribution is 0.205. The van der Waals surface area contributed by atoms with Gasteiger partial charge in [-0.3, -0.25) is 14.7 Å². The quantitative estimate of drug-likeness (QED) is 0.119. The minimum atomic E-state index is 0.735. The summed E-state index contributed by atoms with van der Waals surface area (Å²) < 4.78 is 10.8. The van der Waals surface area contributed by atoms with E-state index in [1.165, 1.54) is 103 Å². The Morgan fingerprint density at radius 3 is 1.25 bits per heavy atom. The molecular weight excluding hydrogens is 889 g/mol. The first-order valence-corrected chi connectivity index (χ1v) is 26.0. The fraction of sp³-hybridized carbons (Fsp3) is 0.323. The molecule has 3 aliphatic heterocycles. The van der Waals surface area contributed by atoms with Crippen LogP contribution in [0.2, 0.25) is 0 Å². The number of piperidine rings is 1. The smallest absolute Gasteiger partial charge is 0.162 e. The zero-order valence-electron chi connectivity index (χ0n) is 42.7. The molecule has 6 heterocycles. The van der Waals surface area contributed by atoms with Crippen molar-refractivity contribution in [3.05, 3.63) is 191 Å². The van der Waals surface area contributed by atoms with Crippen LogP contribution in [0.5, 0.6) is 11.5 Å². The van der Waals surface area contributed by atoms with Gasteiger partial charge in [-0.2, -0.15) is 0 Å². The normalized spacial score (nSPS) is 16.1. The molecule has 9 aromatic rings. The summed E-state index contributed by atoms with van der Waals surface area (Å²) in [7, 11) is 3.35. The summed E-state index contributed by atoms with van der Waals surface area (Å²) in [5, 5.41) is 3.91. The number of hydrogen-bond acceptors (Lipinski definition) is 7. The number of rotatable bonds is 11. The van der Waals surface area contributed by atoms with Crippen LogP contribution in [0.4, 0.5) is 11.4 Å². The minimum absolute atomic E-state index is 0.735. The zero-order valence-corrected chi connectivity index (χ0v) is 42.7. The number of H-pyrrole nitrogens is 3. The first kappa shape index (κ1) is 48.6. The van der Waals surface area contributed by atoms with Gasteiger partial charge in [0, 0.05) is 125 Å². The predicted molar refractivity (Wildman–Crippen MR) is 299 cm³/mol. The molecule has 72 heavy (non-hydrogen) atoms. The third-order valence-electron chi connectivity index (χ3n) is 15.1. The minimum Gasteiger partial charge on any atom is -0.493 e. The van der Waals surface area contributed by atoms with Gasteiger partial charge in [0.1, 0.15) is 0 Å². The highest BCUT2D eigenvalue weighted by Gasteiger charge is 2.22. The van der Waals surface area contributed by atoms with Crippen molar-refractivity contribution in [2.75, 3.05) is 89.5 Å². The summed E-state index contributed by atoms with van der Waals surface area (Å²) in [6.45, 7) is 18.4. The van der Waals surface area contributed by atoms with Crippen LogP contribution >= 0.6 is 0 Å². The van der Waals surface area contributed by atoms with E-state index in [2.05, 4.69) is 187 Å². The number of fused-ring (bicyclic) bond motifs is 3. The van der Waals surface area contributed by atoms with Crippen LogP contribution in [-0.2, 0) is 19.6 Å². The van der Waals surface area contributed by atoms with Gasteiger partial charge in [0.2, 0.25) is 0 Å². The van der Waals surface area contributed by atoms with Crippen LogP contribution in [0, 0.1) is 13.8 Å². The lowest BCUT2D eigenvalue weighted by Crippen LogP contribution is -2.45. The Labute approximate surface area is 426 Å². The maximum Gasteiger partial charge on any atom is 0.162 e. The monoisotopic (exact) mass is 961 g/mol. The van der Waals surface area contributed by atoms with E-state index in [-0.39, 0.29) is 0 Å². The van der Waals surface area contributed by atoms with Crippen LogP contribution in [0.3, 0.4) is 0 Å². The summed E-state index contributed by atoms with van der Waals surface area (Å²) in [4.78, 5) is 22.3. The van der Waals surface area contributed by atoms with E-state index in [1.54, 1.807) is 14.2 Å². The van der Waals surface area contributed by atoms with Gasteiger partial charge in [0.25, 0.3) is 0 Å². The number of nitrogens with zero attached hydrogens (tertiary/aromatic N) is 5. The number of likely N-dealkylation sites (tertiary alicyclic amines) is 1. The number of piperazine rings is 2. The third kappa shape index (κ3) is 12.2. The number of benzene rings is 6. The van der Waals surface area contributed by atoms with E-state index in [1.807, 2.05) is 24.7 Å². The van der Waals surface area contributed by atoms with Crippen molar-refractivity contribution in [2.24, 2.45) is 0 Å². The molecule has 12 rings (SSSR count). The number of aryl methyl sites for hydroxylation is 2. The van der Waals surface area contributed by atoms with Crippen LogP contribution in [0.15, 0.2) is 158 Å². The Balaban J connectivity index is 0.000000125. The molecule has 0 saturated carbocycles. The molecule has 0 unspecified atom stereocenters. The van der Waals surface area contributed by atoms with Crippen molar-refractivity contribution in [3.8, 4) is 11.5 Å². The predicted octanol–water partition coefficient (Wildman–Crippen LogP) is 12.2. The van der Waals surface area contributed by atoms with Gasteiger partial charge in [0.05, 0.1) is 14.2 Å². The number of hydrogen-bond donors (Lipinski definition) is 3. The van der Waals surface area contributed by atoms with Gasteiger partial charge < -0.3 is 34.2 Å². The lowest BCUT2D eigenvalue weighted by Gasteiger charge is -2.36. The second-order valence-corrected chi connectivity index (χ2v) is 20.1. The second kappa shape index (κ2) is 23.1. The summed E-state index contributed by atoms with van der Waals surface area (Å²) in [6, 6.07) is 50.8. The van der Waals surface area contributed by atoms with E-state index in [9.17, 15) is 0 Å². The summed E-state index contributed by atoms with van der Waals surface area (Å²) in [5.74, 6) is 2.29. The molecule has 3 aliphatic rings. The maximum absolute atomic E-state index is 5.43. The average molecular weight is 961 g/mol. The van der Waals surface area contributed by atoms with Crippen LogP contribution < -0.4 is 19.3 Å². The van der Waals surface area contributed by atoms with E-state index in [4.69, 9.17) is 9.47 Å². The zero-order chi connectivity index (χ0) is 49.2. The summed E-state index contributed by atoms with van der Waals surface area (Å²) in [6.07, 6.45) is 8.57. The SMILES string of the molecule is COc1ccc(N2CCN(Cc3ccc4[nH]ccc4c3)CC2)cc1OC.Cc1ccc(C2CCN(Cc3ccc4[nH]ccc4c3)CC2)cc1.Cc1ccc(N2CCN(Cc3ccc4[nH]ccc4c3)CC2)cc1. The van der Waals surface area contributed by atoms with Gasteiger partial charge in [-0.25, -0.2) is 0 Å². The molecule has 3 fully saturated rings. The molecule has 6 aromatic carbocycles. The van der Waals surface area contributed by atoms with Crippen LogP contribution in [0.25, 0.3) is 32.7 Å². The number of nitrogens with one attached hydrogen (secondary N) is 3. The molecule has 0 amide bonds. The first-order valence-electron chi connectivity index (χ1n) is 26.0. The fourth-order valence-electron chi connectivity index (χ4n) is 10.7. The fourth-order valence-corrected chi connectivity index (χ4v) is 10.7. The van der Waals surface area contributed by atoms with Gasteiger partial charge in [-0.1, -0.05) is 65.7 Å². The number of aromatic nitrogens is 3. The van der Waals surface area contributed by atoms with Gasteiger partial charge >= 0.3 is 0 Å². The molecule has 372 valence electrons. The molecule has 0 atom stereocenters. The summed E-state index contributed by atoms with van der Waals surface area (Å²) in [5.41, 5.74) is 14.6. The van der Waals surface area contributed by atoms with E-state index < -0.39 is 0 Å². The Morgan fingerprint density at radius 2 is 0.806 bits per heavy atom. The molecule has 0 aliphatic carbocycles. The van der Waals surface area contributed by atoms with Crippen molar-refractivity contribution < 1.29 is 9.47 Å². The molecule has 3 aromatic heterocycles. The topological polar surface area (TPSA) is 82.0 Å². The number of methoxy groups -OCH3 is 2. The Kier molecular flexibility index (Phi) is 15.6. The average Bonchev–Trinajstić information content (AvgIpc) is 4.22. The first-order chi connectivity index (χ1) is 35.3. The number of ether oxygens (including phenoxy) is 2. The number of aromatic amines is 3. The van der Waals surface area contributed by atoms with E-state index in [0.29, 0.717) is 0 Å². The highest BCUT2D eigenvalue weighted by Crippen LogP contribution is 2.33. The Morgan fingerprint density at radius 1 is 0.403 bits per heavy atom. The van der Waals surface area contributed by atoms with Crippen molar-refractivity contribution in [2.45, 2.75) is 52.2 Å². The third-order valence-corrected chi connectivity index (χ3v) is 15.1. The van der Waals surface area contributed by atoms with Crippen molar-refractivity contribution in [1.29, 1.82) is 0 Å². The van der Waals surface area contributed by atoms with Crippen molar-refractivity contribution in [3.63, 3.8) is 0 Å². The molecule has 10 heteroatoms. The lowest BCUT2D eigenvalue weighted by atomic mass is 9.89. The highest BCUT2D eigenvalue weighted by atomic mass is 16.5. The van der Waals surface area contributed by atoms with Crippen molar-refractivity contribution >= 4 is 44.1 Å². The number of anilines is 2. The Hall–Kier alpha value is -6.98. The van der Waals surface area contributed by atoms with E-state index >= 15 is 0 Å². The van der Waals surface area contributed by atoms with E-state index in [0.717, 1.165) is 89.4 Å². The largest absolute Gasteiger partial charge is 0.493 e. The molecule has 3 saturated heterocycles. The summed E-state index contributed by atoms with van der Waals surface area (Å²) >= 11 is 0. The van der Waals surface area contributed by atoms with Crippen LogP contribution in [-0.4, -0.2) is 109 Å². The molecule has 0 radical (unpaired) electrons. The van der Waals surface area contributed by atoms with Gasteiger partial charge in [0.15, 0.2) is 11.5 Å².